The molecule has 24 heavy (non-hydrogen) atoms. The molecule has 0 amide bonds. The van der Waals surface area contributed by atoms with Crippen LogP contribution in [-0.4, -0.2) is 49.4 Å². The molecular weight excluding hydrogens is 304 g/mol. The molecule has 1 aliphatic rings. The van der Waals surface area contributed by atoms with Gasteiger partial charge in [0.1, 0.15) is 5.52 Å². The Morgan fingerprint density at radius 1 is 1.29 bits per heavy atom. The van der Waals surface area contributed by atoms with Crippen molar-refractivity contribution in [2.24, 2.45) is 7.05 Å². The molecule has 0 aromatic carbocycles. The summed E-state index contributed by atoms with van der Waals surface area (Å²) >= 11 is 0. The van der Waals surface area contributed by atoms with Crippen LogP contribution >= 0.6 is 0 Å². The number of hydrogen-bond donors (Lipinski definition) is 1. The highest BCUT2D eigenvalue weighted by molar-refractivity contribution is 5.74. The van der Waals surface area contributed by atoms with Gasteiger partial charge in [0, 0.05) is 55.5 Å². The second kappa shape index (κ2) is 5.99. The maximum absolute atomic E-state index is 5.78. The standard InChI is InChI=1S/C17H22N6O/c1-11-15(12(2)22(3)21-11)14-10-24-7-6-23(14)9-13-8-20-17-16(13)18-4-5-19-17/h4-5,8,14H,6-7,9-10H2,1-3H3,(H,19,20). The molecule has 0 spiro atoms. The minimum atomic E-state index is 0.217. The first-order chi connectivity index (χ1) is 11.6. The van der Waals surface area contributed by atoms with Gasteiger partial charge in [0.15, 0.2) is 5.65 Å². The third-order valence-corrected chi connectivity index (χ3v) is 4.90. The molecule has 1 atom stereocenters. The Bertz CT molecular complexity index is 867. The largest absolute Gasteiger partial charge is 0.378 e. The normalized spacial score (nSPS) is 19.2. The van der Waals surface area contributed by atoms with Crippen molar-refractivity contribution in [3.63, 3.8) is 0 Å². The number of rotatable bonds is 3. The second-order valence-electron chi connectivity index (χ2n) is 6.34. The molecule has 7 heteroatoms. The molecule has 4 heterocycles. The van der Waals surface area contributed by atoms with Crippen molar-refractivity contribution in [3.8, 4) is 0 Å². The average molecular weight is 326 g/mol. The zero-order valence-electron chi connectivity index (χ0n) is 14.3. The SMILES string of the molecule is Cc1nn(C)c(C)c1C1COCCN1Cc1c[nH]c2nccnc12. The van der Waals surface area contributed by atoms with Crippen LogP contribution in [0.5, 0.6) is 0 Å². The number of nitrogens with zero attached hydrogens (tertiary/aromatic N) is 5. The molecule has 4 rings (SSSR count). The molecular formula is C17H22N6O. The monoisotopic (exact) mass is 326 g/mol. The Morgan fingerprint density at radius 3 is 2.92 bits per heavy atom. The van der Waals surface area contributed by atoms with Gasteiger partial charge in [0.05, 0.1) is 24.9 Å². The van der Waals surface area contributed by atoms with E-state index in [0.29, 0.717) is 6.61 Å². The van der Waals surface area contributed by atoms with E-state index >= 15 is 0 Å². The topological polar surface area (TPSA) is 71.9 Å². The lowest BCUT2D eigenvalue weighted by Crippen LogP contribution is -2.39. The van der Waals surface area contributed by atoms with Gasteiger partial charge in [0.2, 0.25) is 0 Å². The molecule has 1 N–H and O–H groups in total. The smallest absolute Gasteiger partial charge is 0.156 e. The van der Waals surface area contributed by atoms with Gasteiger partial charge in [-0.2, -0.15) is 5.10 Å². The number of aryl methyl sites for hydroxylation is 2. The molecule has 0 radical (unpaired) electrons. The van der Waals surface area contributed by atoms with E-state index in [2.05, 4.69) is 38.8 Å². The summed E-state index contributed by atoms with van der Waals surface area (Å²) in [5.74, 6) is 0. The minimum absolute atomic E-state index is 0.217. The fourth-order valence-corrected chi connectivity index (χ4v) is 3.61. The van der Waals surface area contributed by atoms with Gasteiger partial charge in [-0.25, -0.2) is 4.98 Å². The molecule has 0 aliphatic carbocycles. The van der Waals surface area contributed by atoms with E-state index in [-0.39, 0.29) is 6.04 Å². The summed E-state index contributed by atoms with van der Waals surface area (Å²) in [6.45, 7) is 7.36. The molecule has 7 nitrogen and oxygen atoms in total. The van der Waals surface area contributed by atoms with Crippen LogP contribution in [0.2, 0.25) is 0 Å². The van der Waals surface area contributed by atoms with Gasteiger partial charge >= 0.3 is 0 Å². The molecule has 3 aromatic rings. The van der Waals surface area contributed by atoms with Crippen LogP contribution in [0.4, 0.5) is 0 Å². The summed E-state index contributed by atoms with van der Waals surface area (Å²) < 4.78 is 7.73. The number of aromatic amines is 1. The van der Waals surface area contributed by atoms with Crippen molar-refractivity contribution < 1.29 is 4.74 Å². The predicted molar refractivity (Wildman–Crippen MR) is 90.5 cm³/mol. The van der Waals surface area contributed by atoms with Gasteiger partial charge in [-0.15, -0.1) is 0 Å². The van der Waals surface area contributed by atoms with E-state index in [9.17, 15) is 0 Å². The number of nitrogens with one attached hydrogen (secondary N) is 1. The number of morpholine rings is 1. The Kier molecular flexibility index (Phi) is 3.82. The van der Waals surface area contributed by atoms with Crippen molar-refractivity contribution >= 4 is 11.2 Å². The van der Waals surface area contributed by atoms with E-state index in [1.807, 2.05) is 17.9 Å². The Hall–Kier alpha value is -2.25. The molecule has 126 valence electrons. The van der Waals surface area contributed by atoms with Crippen LogP contribution in [0, 0.1) is 13.8 Å². The van der Waals surface area contributed by atoms with E-state index in [0.717, 1.165) is 36.6 Å². The number of hydrogen-bond acceptors (Lipinski definition) is 5. The maximum Gasteiger partial charge on any atom is 0.156 e. The van der Waals surface area contributed by atoms with Crippen LogP contribution < -0.4 is 0 Å². The lowest BCUT2D eigenvalue weighted by molar-refractivity contribution is -0.0130. The Labute approximate surface area is 140 Å². The summed E-state index contributed by atoms with van der Waals surface area (Å²) in [7, 11) is 2.00. The van der Waals surface area contributed by atoms with Gasteiger partial charge in [-0.3, -0.25) is 14.6 Å². The van der Waals surface area contributed by atoms with Gasteiger partial charge in [-0.05, 0) is 13.8 Å². The third-order valence-electron chi connectivity index (χ3n) is 4.90. The molecule has 1 aliphatic heterocycles. The fraction of sp³-hybridized carbons (Fsp3) is 0.471. The van der Waals surface area contributed by atoms with Crippen molar-refractivity contribution in [3.05, 3.63) is 41.1 Å². The fourth-order valence-electron chi connectivity index (χ4n) is 3.61. The first-order valence-electron chi connectivity index (χ1n) is 8.24. The zero-order valence-corrected chi connectivity index (χ0v) is 14.3. The van der Waals surface area contributed by atoms with Crippen LogP contribution in [0.3, 0.4) is 0 Å². The molecule has 0 bridgehead atoms. The van der Waals surface area contributed by atoms with E-state index in [1.165, 1.54) is 16.8 Å². The Balaban J connectivity index is 1.67. The lowest BCUT2D eigenvalue weighted by atomic mass is 10.0. The van der Waals surface area contributed by atoms with Crippen LogP contribution in [-0.2, 0) is 18.3 Å². The molecule has 0 saturated carbocycles. The van der Waals surface area contributed by atoms with E-state index < -0.39 is 0 Å². The lowest BCUT2D eigenvalue weighted by Gasteiger charge is -2.35. The first kappa shape index (κ1) is 15.3. The Morgan fingerprint density at radius 2 is 2.12 bits per heavy atom. The number of H-pyrrole nitrogens is 1. The molecule has 1 fully saturated rings. The van der Waals surface area contributed by atoms with Gasteiger partial charge in [-0.1, -0.05) is 0 Å². The highest BCUT2D eigenvalue weighted by Gasteiger charge is 2.29. The van der Waals surface area contributed by atoms with Crippen LogP contribution in [0.25, 0.3) is 11.2 Å². The number of aromatic nitrogens is 5. The van der Waals surface area contributed by atoms with Crippen molar-refractivity contribution in [2.45, 2.75) is 26.4 Å². The molecule has 1 saturated heterocycles. The average Bonchev–Trinajstić information content (AvgIpc) is 3.10. The van der Waals surface area contributed by atoms with Crippen LogP contribution in [0.1, 0.15) is 28.6 Å². The van der Waals surface area contributed by atoms with Gasteiger partial charge in [0.25, 0.3) is 0 Å². The third kappa shape index (κ3) is 2.50. The summed E-state index contributed by atoms with van der Waals surface area (Å²) in [4.78, 5) is 14.5. The minimum Gasteiger partial charge on any atom is -0.378 e. The number of fused-ring (bicyclic) bond motifs is 1. The van der Waals surface area contributed by atoms with Gasteiger partial charge < -0.3 is 9.72 Å². The zero-order chi connectivity index (χ0) is 16.7. The summed E-state index contributed by atoms with van der Waals surface area (Å²) in [6, 6.07) is 0.217. The van der Waals surface area contributed by atoms with Crippen LogP contribution in [0.15, 0.2) is 18.6 Å². The van der Waals surface area contributed by atoms with Crippen molar-refractivity contribution in [2.75, 3.05) is 19.8 Å². The van der Waals surface area contributed by atoms with E-state index in [4.69, 9.17) is 4.74 Å². The first-order valence-corrected chi connectivity index (χ1v) is 8.24. The van der Waals surface area contributed by atoms with Crippen molar-refractivity contribution in [1.82, 2.24) is 29.6 Å². The quantitative estimate of drug-likeness (QED) is 0.796. The highest BCUT2D eigenvalue weighted by atomic mass is 16.5. The summed E-state index contributed by atoms with van der Waals surface area (Å²) in [5.41, 5.74) is 6.52. The summed E-state index contributed by atoms with van der Waals surface area (Å²) in [5, 5.41) is 4.57. The maximum atomic E-state index is 5.78. The predicted octanol–water partition coefficient (Wildman–Crippen LogP) is 1.88. The highest BCUT2D eigenvalue weighted by Crippen LogP contribution is 2.31. The van der Waals surface area contributed by atoms with Crippen molar-refractivity contribution in [1.29, 1.82) is 0 Å². The number of ether oxygens (including phenoxy) is 1. The second-order valence-corrected chi connectivity index (χ2v) is 6.34. The molecule has 1 unspecified atom stereocenters. The summed E-state index contributed by atoms with van der Waals surface area (Å²) in [6.07, 6.45) is 5.47. The van der Waals surface area contributed by atoms with E-state index in [1.54, 1.807) is 12.4 Å². The molecule has 3 aromatic heterocycles.